The summed E-state index contributed by atoms with van der Waals surface area (Å²) in [5.41, 5.74) is 10.9. The molecule has 0 saturated carbocycles. The summed E-state index contributed by atoms with van der Waals surface area (Å²) in [6, 6.07) is 61.3. The lowest BCUT2D eigenvalue weighted by atomic mass is 9.96. The largest absolute Gasteiger partial charge is 0.456 e. The summed E-state index contributed by atoms with van der Waals surface area (Å²) in [5, 5.41) is 6.95. The summed E-state index contributed by atoms with van der Waals surface area (Å²) < 4.78 is 7.04. The molecule has 0 aliphatic rings. The fraction of sp³-hybridized carbons (Fsp3) is 0.120. The molecule has 0 amide bonds. The Hall–Kier alpha value is -6.32. The van der Waals surface area contributed by atoms with Gasteiger partial charge in [0.15, 0.2) is 0 Å². The maximum absolute atomic E-state index is 7.04. The van der Waals surface area contributed by atoms with Crippen molar-refractivity contribution in [1.29, 1.82) is 0 Å². The van der Waals surface area contributed by atoms with E-state index in [1.807, 2.05) is 0 Å². The molecule has 1 aromatic heterocycles. The van der Waals surface area contributed by atoms with Crippen LogP contribution in [0.2, 0.25) is 0 Å². The van der Waals surface area contributed by atoms with Crippen molar-refractivity contribution in [3.05, 3.63) is 181 Å². The first-order chi connectivity index (χ1) is 26.0. The number of fused-ring (bicyclic) bond motifs is 7. The van der Waals surface area contributed by atoms with Crippen LogP contribution in [0.3, 0.4) is 0 Å². The minimum atomic E-state index is 0.457. The number of hydrogen-bond acceptors (Lipinski definition) is 3. The number of benzene rings is 8. The summed E-state index contributed by atoms with van der Waals surface area (Å²) in [7, 11) is 0. The number of furan rings is 1. The zero-order valence-electron chi connectivity index (χ0n) is 30.6. The molecule has 8 aromatic carbocycles. The highest BCUT2D eigenvalue weighted by Crippen LogP contribution is 2.49. The third-order valence-electron chi connectivity index (χ3n) is 10.6. The van der Waals surface area contributed by atoms with Crippen LogP contribution >= 0.6 is 0 Å². The highest BCUT2D eigenvalue weighted by molar-refractivity contribution is 6.30. The van der Waals surface area contributed by atoms with E-state index in [-0.39, 0.29) is 0 Å². The van der Waals surface area contributed by atoms with Crippen molar-refractivity contribution >= 4 is 77.6 Å². The van der Waals surface area contributed by atoms with Crippen LogP contribution in [-0.2, 0) is 0 Å². The molecular formula is C50H42N2O. The Morgan fingerprint density at radius 3 is 1.04 bits per heavy atom. The minimum Gasteiger partial charge on any atom is -0.456 e. The second kappa shape index (κ2) is 13.3. The predicted octanol–water partition coefficient (Wildman–Crippen LogP) is 15.1. The van der Waals surface area contributed by atoms with E-state index in [0.29, 0.717) is 11.8 Å². The van der Waals surface area contributed by atoms with Crippen molar-refractivity contribution in [3.8, 4) is 0 Å². The van der Waals surface area contributed by atoms with E-state index in [0.717, 1.165) is 56.1 Å². The van der Waals surface area contributed by atoms with Crippen molar-refractivity contribution in [2.45, 2.75) is 39.5 Å². The minimum absolute atomic E-state index is 0.457. The standard InChI is InChI=1S/C50H42N2O/c1-33(2)35-23-27-39(28-24-35)51(37-15-7-5-8-16-37)45-31-47-49(43-21-13-11-19-41(43)45)50-44-22-14-12-20-42(44)46(32-48(50)53-47)52(38-17-9-6-10-18-38)40-29-25-36(26-30-40)34(3)4/h5-34H,1-4H3. The van der Waals surface area contributed by atoms with Gasteiger partial charge in [-0.1, -0.05) is 137 Å². The monoisotopic (exact) mass is 686 g/mol. The fourth-order valence-electron chi connectivity index (χ4n) is 7.85. The average Bonchev–Trinajstić information content (AvgIpc) is 3.58. The molecule has 0 atom stereocenters. The lowest BCUT2D eigenvalue weighted by Gasteiger charge is -2.27. The van der Waals surface area contributed by atoms with Crippen molar-refractivity contribution in [2.75, 3.05) is 9.80 Å². The SMILES string of the molecule is CC(C)c1ccc(N(c2ccccc2)c2cc3oc4cc(N(c5ccccc5)c5ccc(C(C)C)cc5)c5ccccc5c4c3c3ccccc23)cc1. The van der Waals surface area contributed by atoms with Crippen LogP contribution in [0.4, 0.5) is 34.1 Å². The van der Waals surface area contributed by atoms with Gasteiger partial charge < -0.3 is 14.2 Å². The van der Waals surface area contributed by atoms with Gasteiger partial charge >= 0.3 is 0 Å². The molecule has 0 spiro atoms. The smallest absolute Gasteiger partial charge is 0.138 e. The van der Waals surface area contributed by atoms with Gasteiger partial charge in [0.05, 0.1) is 11.4 Å². The lowest BCUT2D eigenvalue weighted by molar-refractivity contribution is 0.669. The molecule has 258 valence electrons. The molecular weight excluding hydrogens is 645 g/mol. The van der Waals surface area contributed by atoms with Crippen LogP contribution < -0.4 is 9.80 Å². The summed E-state index contributed by atoms with van der Waals surface area (Å²) in [6.07, 6.45) is 0. The normalized spacial score (nSPS) is 11.7. The lowest BCUT2D eigenvalue weighted by Crippen LogP contribution is -2.10. The van der Waals surface area contributed by atoms with Crippen LogP contribution in [0.15, 0.2) is 174 Å². The van der Waals surface area contributed by atoms with E-state index in [2.05, 4.69) is 207 Å². The Balaban J connectivity index is 1.32. The fourth-order valence-corrected chi connectivity index (χ4v) is 7.85. The van der Waals surface area contributed by atoms with Gasteiger partial charge in [0, 0.05) is 56.4 Å². The van der Waals surface area contributed by atoms with Crippen molar-refractivity contribution in [3.63, 3.8) is 0 Å². The number of hydrogen-bond donors (Lipinski definition) is 0. The van der Waals surface area contributed by atoms with E-state index in [4.69, 9.17) is 4.42 Å². The molecule has 1 heterocycles. The van der Waals surface area contributed by atoms with Gasteiger partial charge in [-0.3, -0.25) is 0 Å². The van der Waals surface area contributed by atoms with Crippen LogP contribution in [-0.4, -0.2) is 0 Å². The first-order valence-corrected chi connectivity index (χ1v) is 18.7. The van der Waals surface area contributed by atoms with Gasteiger partial charge in [-0.15, -0.1) is 0 Å². The van der Waals surface area contributed by atoms with Crippen LogP contribution in [0.1, 0.15) is 50.7 Å². The quantitative estimate of drug-likeness (QED) is 0.159. The van der Waals surface area contributed by atoms with Crippen molar-refractivity contribution in [2.24, 2.45) is 0 Å². The summed E-state index contributed by atoms with van der Waals surface area (Å²) in [6.45, 7) is 8.96. The summed E-state index contributed by atoms with van der Waals surface area (Å²) in [5.74, 6) is 0.915. The summed E-state index contributed by atoms with van der Waals surface area (Å²) >= 11 is 0. The number of rotatable bonds is 8. The molecule has 0 aliphatic heterocycles. The van der Waals surface area contributed by atoms with E-state index in [9.17, 15) is 0 Å². The topological polar surface area (TPSA) is 19.6 Å². The Bertz CT molecular complexity index is 2520. The molecule has 9 rings (SSSR count). The number of para-hydroxylation sites is 2. The van der Waals surface area contributed by atoms with E-state index < -0.39 is 0 Å². The van der Waals surface area contributed by atoms with Gasteiger partial charge in [0.25, 0.3) is 0 Å². The first kappa shape index (κ1) is 32.6. The third-order valence-corrected chi connectivity index (χ3v) is 10.6. The third kappa shape index (κ3) is 5.70. The molecule has 0 radical (unpaired) electrons. The average molecular weight is 687 g/mol. The van der Waals surface area contributed by atoms with Crippen molar-refractivity contribution < 1.29 is 4.42 Å². The number of nitrogens with zero attached hydrogens (tertiary/aromatic N) is 2. The number of anilines is 6. The Morgan fingerprint density at radius 1 is 0.358 bits per heavy atom. The van der Waals surface area contributed by atoms with Gasteiger partial charge in [-0.2, -0.15) is 0 Å². The molecule has 9 aromatic rings. The second-order valence-corrected chi connectivity index (χ2v) is 14.6. The molecule has 0 fully saturated rings. The van der Waals surface area contributed by atoms with Crippen LogP contribution in [0, 0.1) is 0 Å². The zero-order chi connectivity index (χ0) is 36.1. The van der Waals surface area contributed by atoms with E-state index in [1.165, 1.54) is 32.7 Å². The van der Waals surface area contributed by atoms with Crippen LogP contribution in [0.25, 0.3) is 43.5 Å². The molecule has 0 saturated heterocycles. The Kier molecular flexibility index (Phi) is 8.20. The van der Waals surface area contributed by atoms with Gasteiger partial charge in [0.1, 0.15) is 11.2 Å². The van der Waals surface area contributed by atoms with Gasteiger partial charge in [0.2, 0.25) is 0 Å². The molecule has 3 nitrogen and oxygen atoms in total. The van der Waals surface area contributed by atoms with Gasteiger partial charge in [-0.05, 0) is 82.3 Å². The maximum Gasteiger partial charge on any atom is 0.138 e. The molecule has 3 heteroatoms. The highest BCUT2D eigenvalue weighted by Gasteiger charge is 2.24. The van der Waals surface area contributed by atoms with E-state index >= 15 is 0 Å². The summed E-state index contributed by atoms with van der Waals surface area (Å²) in [4.78, 5) is 4.72. The van der Waals surface area contributed by atoms with Crippen LogP contribution in [0.5, 0.6) is 0 Å². The maximum atomic E-state index is 7.04. The van der Waals surface area contributed by atoms with Crippen molar-refractivity contribution in [1.82, 2.24) is 0 Å². The van der Waals surface area contributed by atoms with E-state index in [1.54, 1.807) is 0 Å². The molecule has 0 N–H and O–H groups in total. The van der Waals surface area contributed by atoms with Gasteiger partial charge in [-0.25, -0.2) is 0 Å². The molecule has 0 unspecified atom stereocenters. The highest BCUT2D eigenvalue weighted by atomic mass is 16.3. The second-order valence-electron chi connectivity index (χ2n) is 14.6. The first-order valence-electron chi connectivity index (χ1n) is 18.7. The molecule has 53 heavy (non-hydrogen) atoms. The predicted molar refractivity (Wildman–Crippen MR) is 226 cm³/mol. The molecule has 0 aliphatic carbocycles. The zero-order valence-corrected chi connectivity index (χ0v) is 30.6. The Morgan fingerprint density at radius 2 is 0.679 bits per heavy atom. The molecule has 0 bridgehead atoms. The Labute approximate surface area is 311 Å².